The van der Waals surface area contributed by atoms with E-state index in [4.69, 9.17) is 15.2 Å². The molecule has 0 amide bonds. The fraction of sp³-hybridized carbons (Fsp3) is 0.875. The molecule has 0 aromatic rings. The molecule has 4 nitrogen and oxygen atoms in total. The first-order valence-electron chi connectivity index (χ1n) is 4.33. The molecule has 0 aliphatic carbocycles. The Bertz CT molecular complexity index is 255. The van der Waals surface area contributed by atoms with Gasteiger partial charge >= 0.3 is 5.97 Å². The van der Waals surface area contributed by atoms with Crippen molar-refractivity contribution in [3.63, 3.8) is 0 Å². The molecular formula is C8H11NO3. The minimum absolute atomic E-state index is 0.0999. The van der Waals surface area contributed by atoms with E-state index in [9.17, 15) is 4.79 Å². The van der Waals surface area contributed by atoms with Gasteiger partial charge in [0.1, 0.15) is 18.1 Å². The largest absolute Gasteiger partial charge is 0.462 e. The highest BCUT2D eigenvalue weighted by molar-refractivity contribution is 5.78. The zero-order chi connectivity index (χ0) is 8.34. The Labute approximate surface area is 70.0 Å². The van der Waals surface area contributed by atoms with Crippen molar-refractivity contribution < 1.29 is 14.3 Å². The Kier molecular flexibility index (Phi) is 1.04. The van der Waals surface area contributed by atoms with Gasteiger partial charge in [-0.05, 0) is 12.8 Å². The molecule has 4 atom stereocenters. The van der Waals surface area contributed by atoms with E-state index in [1.807, 2.05) is 0 Å². The van der Waals surface area contributed by atoms with Crippen molar-refractivity contribution in [1.29, 1.82) is 0 Å². The van der Waals surface area contributed by atoms with Gasteiger partial charge in [0.2, 0.25) is 0 Å². The monoisotopic (exact) mass is 169 g/mol. The lowest BCUT2D eigenvalue weighted by molar-refractivity contribution is -0.142. The van der Waals surface area contributed by atoms with Crippen LogP contribution < -0.4 is 5.73 Å². The second-order valence-electron chi connectivity index (χ2n) is 3.92. The molecule has 0 saturated carbocycles. The number of ether oxygens (including phenoxy) is 2. The van der Waals surface area contributed by atoms with E-state index in [2.05, 4.69) is 0 Å². The molecule has 4 unspecified atom stereocenters. The van der Waals surface area contributed by atoms with Crippen LogP contribution in [0.25, 0.3) is 0 Å². The maximum Gasteiger partial charge on any atom is 0.313 e. The number of hydrogen-bond acceptors (Lipinski definition) is 4. The first kappa shape index (κ1) is 6.86. The molecule has 1 spiro atoms. The second-order valence-corrected chi connectivity index (χ2v) is 3.92. The highest BCUT2D eigenvalue weighted by Crippen LogP contribution is 2.50. The smallest absolute Gasteiger partial charge is 0.313 e. The summed E-state index contributed by atoms with van der Waals surface area (Å²) in [5.41, 5.74) is 5.53. The van der Waals surface area contributed by atoms with Gasteiger partial charge in [0.05, 0.1) is 6.10 Å². The maximum atomic E-state index is 11.3. The quantitative estimate of drug-likeness (QED) is 0.493. The predicted octanol–water partition coefficient (Wildman–Crippen LogP) is -0.582. The summed E-state index contributed by atoms with van der Waals surface area (Å²) in [6.45, 7) is 0.417. The Morgan fingerprint density at radius 2 is 2.42 bits per heavy atom. The Hall–Kier alpha value is -0.610. The van der Waals surface area contributed by atoms with Crippen LogP contribution in [0, 0.1) is 5.92 Å². The zero-order valence-corrected chi connectivity index (χ0v) is 6.66. The van der Waals surface area contributed by atoms with Gasteiger partial charge in [0.25, 0.3) is 0 Å². The topological polar surface area (TPSA) is 61.5 Å². The minimum Gasteiger partial charge on any atom is -0.462 e. The molecule has 2 bridgehead atoms. The summed E-state index contributed by atoms with van der Waals surface area (Å²) >= 11 is 0. The van der Waals surface area contributed by atoms with E-state index < -0.39 is 0 Å². The third kappa shape index (κ3) is 0.559. The summed E-state index contributed by atoms with van der Waals surface area (Å²) < 4.78 is 10.7. The van der Waals surface area contributed by atoms with Gasteiger partial charge in [-0.2, -0.15) is 0 Å². The Morgan fingerprint density at radius 3 is 3.17 bits per heavy atom. The standard InChI is InChI=1S/C8H11NO3/c9-6-4-1-2-8(12-4)3-11-7(10)5(6)8/h4-6H,1-3,9H2. The predicted molar refractivity (Wildman–Crippen MR) is 39.3 cm³/mol. The van der Waals surface area contributed by atoms with Gasteiger partial charge in [0.15, 0.2) is 0 Å². The lowest BCUT2D eigenvalue weighted by Gasteiger charge is -2.23. The van der Waals surface area contributed by atoms with Crippen LogP contribution in [0.2, 0.25) is 0 Å². The average Bonchev–Trinajstić information content (AvgIpc) is 2.65. The number of carbonyl (C=O) groups is 1. The van der Waals surface area contributed by atoms with E-state index in [-0.39, 0.29) is 29.6 Å². The van der Waals surface area contributed by atoms with Crippen LogP contribution >= 0.6 is 0 Å². The molecule has 3 saturated heterocycles. The third-order valence-corrected chi connectivity index (χ3v) is 3.33. The van der Waals surface area contributed by atoms with Crippen LogP contribution in [-0.4, -0.2) is 30.3 Å². The van der Waals surface area contributed by atoms with Crippen molar-refractivity contribution in [3.05, 3.63) is 0 Å². The number of cyclic esters (lactones) is 1. The molecule has 4 heteroatoms. The number of rotatable bonds is 0. The minimum atomic E-state index is -0.332. The zero-order valence-electron chi connectivity index (χ0n) is 6.66. The van der Waals surface area contributed by atoms with Gasteiger partial charge in [-0.25, -0.2) is 0 Å². The van der Waals surface area contributed by atoms with Crippen LogP contribution in [0.15, 0.2) is 0 Å². The summed E-state index contributed by atoms with van der Waals surface area (Å²) in [6, 6.07) is -0.131. The van der Waals surface area contributed by atoms with Crippen LogP contribution in [0.1, 0.15) is 12.8 Å². The maximum absolute atomic E-state index is 11.3. The van der Waals surface area contributed by atoms with Crippen LogP contribution in [0.4, 0.5) is 0 Å². The Balaban J connectivity index is 2.05. The highest BCUT2D eigenvalue weighted by Gasteiger charge is 2.65. The molecule has 3 fully saturated rings. The van der Waals surface area contributed by atoms with Crippen molar-refractivity contribution in [3.8, 4) is 0 Å². The SMILES string of the molecule is NC1C2CCC3(COC(=O)C13)O2. The van der Waals surface area contributed by atoms with E-state index in [1.54, 1.807) is 0 Å². The average molecular weight is 169 g/mol. The lowest BCUT2D eigenvalue weighted by Crippen LogP contribution is -2.45. The molecule has 66 valence electrons. The second kappa shape index (κ2) is 1.83. The molecule has 3 heterocycles. The normalized spacial score (nSPS) is 55.8. The number of fused-ring (bicyclic) bond motifs is 1. The summed E-state index contributed by atoms with van der Waals surface area (Å²) in [6.07, 6.45) is 2.01. The fourth-order valence-corrected chi connectivity index (χ4v) is 2.72. The van der Waals surface area contributed by atoms with Crippen molar-refractivity contribution in [2.45, 2.75) is 30.6 Å². The summed E-state index contributed by atoms with van der Waals surface area (Å²) in [5.74, 6) is -0.346. The molecule has 3 rings (SSSR count). The van der Waals surface area contributed by atoms with Crippen molar-refractivity contribution in [1.82, 2.24) is 0 Å². The molecule has 0 aromatic heterocycles. The van der Waals surface area contributed by atoms with Gasteiger partial charge in [-0.3, -0.25) is 4.79 Å². The van der Waals surface area contributed by atoms with Gasteiger partial charge in [0, 0.05) is 6.04 Å². The summed E-state index contributed by atoms with van der Waals surface area (Å²) in [7, 11) is 0. The molecule has 12 heavy (non-hydrogen) atoms. The molecular weight excluding hydrogens is 158 g/mol. The van der Waals surface area contributed by atoms with Gasteiger partial charge in [-0.15, -0.1) is 0 Å². The number of nitrogens with two attached hydrogens (primary N) is 1. The Morgan fingerprint density at radius 1 is 1.58 bits per heavy atom. The molecule has 2 N–H and O–H groups in total. The van der Waals surface area contributed by atoms with Crippen molar-refractivity contribution in [2.24, 2.45) is 11.7 Å². The van der Waals surface area contributed by atoms with E-state index >= 15 is 0 Å². The summed E-state index contributed by atoms with van der Waals surface area (Å²) in [5, 5.41) is 0. The van der Waals surface area contributed by atoms with E-state index in [0.717, 1.165) is 12.8 Å². The number of esters is 1. The molecule has 0 aromatic carbocycles. The van der Waals surface area contributed by atoms with Crippen molar-refractivity contribution >= 4 is 5.97 Å². The van der Waals surface area contributed by atoms with E-state index in [0.29, 0.717) is 6.61 Å². The first-order chi connectivity index (χ1) is 5.73. The van der Waals surface area contributed by atoms with Crippen LogP contribution in [0.5, 0.6) is 0 Å². The van der Waals surface area contributed by atoms with Gasteiger partial charge in [-0.1, -0.05) is 0 Å². The first-order valence-corrected chi connectivity index (χ1v) is 4.33. The third-order valence-electron chi connectivity index (χ3n) is 3.33. The van der Waals surface area contributed by atoms with Crippen LogP contribution in [0.3, 0.4) is 0 Å². The van der Waals surface area contributed by atoms with Crippen LogP contribution in [-0.2, 0) is 14.3 Å². The fourth-order valence-electron chi connectivity index (χ4n) is 2.72. The number of hydrogen-bond donors (Lipinski definition) is 1. The molecule has 3 aliphatic heterocycles. The summed E-state index contributed by atoms with van der Waals surface area (Å²) in [4.78, 5) is 11.3. The highest BCUT2D eigenvalue weighted by atomic mass is 16.6. The molecule has 3 aliphatic rings. The number of carbonyl (C=O) groups excluding carboxylic acids is 1. The van der Waals surface area contributed by atoms with Gasteiger partial charge < -0.3 is 15.2 Å². The molecule has 0 radical (unpaired) electrons. The van der Waals surface area contributed by atoms with Crippen molar-refractivity contribution in [2.75, 3.05) is 6.61 Å². The van der Waals surface area contributed by atoms with E-state index in [1.165, 1.54) is 0 Å². The lowest BCUT2D eigenvalue weighted by atomic mass is 9.78.